The number of azo groups is 3. The molecule has 4 rings (SSSR count). The molecule has 0 atom stereocenters. The van der Waals surface area contributed by atoms with Gasteiger partial charge < -0.3 is 4.90 Å². The lowest BCUT2D eigenvalue weighted by molar-refractivity contribution is 0.795. The number of benzene rings is 4. The number of unbranched alkanes of at least 4 members (excludes halogenated alkanes) is 1. The second kappa shape index (κ2) is 14.4. The van der Waals surface area contributed by atoms with Crippen molar-refractivity contribution < 1.29 is 0 Å². The molecule has 4 aromatic rings. The van der Waals surface area contributed by atoms with Crippen LogP contribution < -0.4 is 4.90 Å². The number of rotatable bonds is 12. The Morgan fingerprint density at radius 3 is 1.05 bits per heavy atom. The van der Waals surface area contributed by atoms with Gasteiger partial charge in [-0.15, -0.1) is 0 Å². The van der Waals surface area contributed by atoms with Gasteiger partial charge in [-0.2, -0.15) is 30.7 Å². The summed E-state index contributed by atoms with van der Waals surface area (Å²) in [6, 6.07) is 31.4. The molecule has 0 spiro atoms. The molecule has 0 N–H and O–H groups in total. The van der Waals surface area contributed by atoms with E-state index < -0.39 is 0 Å². The molecule has 0 aliphatic carbocycles. The zero-order chi connectivity index (χ0) is 27.3. The Bertz CT molecular complexity index is 1370. The Balaban J connectivity index is 1.30. The Morgan fingerprint density at radius 1 is 0.436 bits per heavy atom. The summed E-state index contributed by atoms with van der Waals surface area (Å²) in [5.74, 6) is 0. The van der Waals surface area contributed by atoms with Crippen molar-refractivity contribution in [3.63, 3.8) is 0 Å². The molecule has 0 aromatic heterocycles. The quantitative estimate of drug-likeness (QED) is 0.172. The van der Waals surface area contributed by atoms with Crippen molar-refractivity contribution >= 4 is 39.8 Å². The fraction of sp³-hybridized carbons (Fsp3) is 0.250. The molecule has 0 saturated heterocycles. The first-order chi connectivity index (χ1) is 19.2. The van der Waals surface area contributed by atoms with Crippen LogP contribution in [0.3, 0.4) is 0 Å². The van der Waals surface area contributed by atoms with E-state index in [4.69, 9.17) is 0 Å². The monoisotopic (exact) mass is 517 g/mol. The number of aryl methyl sites for hydroxylation is 1. The van der Waals surface area contributed by atoms with Gasteiger partial charge >= 0.3 is 0 Å². The van der Waals surface area contributed by atoms with Gasteiger partial charge in [0.05, 0.1) is 34.1 Å². The van der Waals surface area contributed by atoms with Crippen molar-refractivity contribution in [3.8, 4) is 0 Å². The van der Waals surface area contributed by atoms with Crippen LogP contribution >= 0.6 is 0 Å². The van der Waals surface area contributed by atoms with Crippen LogP contribution in [-0.4, -0.2) is 13.1 Å². The molecule has 0 bridgehead atoms. The van der Waals surface area contributed by atoms with Crippen molar-refractivity contribution in [1.29, 1.82) is 0 Å². The van der Waals surface area contributed by atoms with E-state index in [2.05, 4.69) is 80.6 Å². The summed E-state index contributed by atoms with van der Waals surface area (Å²) in [5, 5.41) is 26.0. The van der Waals surface area contributed by atoms with E-state index in [-0.39, 0.29) is 0 Å². The molecule has 7 heteroatoms. The molecule has 7 nitrogen and oxygen atoms in total. The number of anilines is 1. The molecule has 39 heavy (non-hydrogen) atoms. The molecule has 0 saturated carbocycles. The Labute approximate surface area is 231 Å². The molecule has 0 aliphatic rings. The highest BCUT2D eigenvalue weighted by molar-refractivity contribution is 5.53. The van der Waals surface area contributed by atoms with Gasteiger partial charge in [-0.3, -0.25) is 0 Å². The van der Waals surface area contributed by atoms with Gasteiger partial charge in [-0.1, -0.05) is 25.5 Å². The summed E-state index contributed by atoms with van der Waals surface area (Å²) >= 11 is 0. The molecule has 4 aromatic carbocycles. The maximum atomic E-state index is 4.34. The highest BCUT2D eigenvalue weighted by Crippen LogP contribution is 2.26. The SMILES string of the molecule is CCCCc1ccc(N=Nc2ccc(N=Nc3ccc(N=Nc4ccc(N(CC)CC)cc4)cc3)cc2)cc1. The third-order valence-corrected chi connectivity index (χ3v) is 6.28. The van der Waals surface area contributed by atoms with Crippen LogP contribution in [0.15, 0.2) is 128 Å². The minimum Gasteiger partial charge on any atom is -0.372 e. The predicted octanol–water partition coefficient (Wildman–Crippen LogP) is 11.1. The van der Waals surface area contributed by atoms with E-state index in [9.17, 15) is 0 Å². The van der Waals surface area contributed by atoms with Crippen LogP contribution in [-0.2, 0) is 6.42 Å². The van der Waals surface area contributed by atoms with E-state index >= 15 is 0 Å². The second-order valence-corrected chi connectivity index (χ2v) is 9.09. The van der Waals surface area contributed by atoms with E-state index in [1.54, 1.807) is 0 Å². The maximum Gasteiger partial charge on any atom is 0.0858 e. The lowest BCUT2D eigenvalue weighted by atomic mass is 10.1. The zero-order valence-corrected chi connectivity index (χ0v) is 22.9. The van der Waals surface area contributed by atoms with Crippen LogP contribution in [0.5, 0.6) is 0 Å². The van der Waals surface area contributed by atoms with E-state index in [0.29, 0.717) is 0 Å². The van der Waals surface area contributed by atoms with Crippen LogP contribution in [0.1, 0.15) is 39.2 Å². The molecule has 0 unspecified atom stereocenters. The van der Waals surface area contributed by atoms with Gasteiger partial charge in [0.15, 0.2) is 0 Å². The van der Waals surface area contributed by atoms with Crippen molar-refractivity contribution in [2.45, 2.75) is 40.0 Å². The second-order valence-electron chi connectivity index (χ2n) is 9.09. The van der Waals surface area contributed by atoms with Crippen LogP contribution in [0.25, 0.3) is 0 Å². The molecular formula is C32H35N7. The highest BCUT2D eigenvalue weighted by atomic mass is 15.1. The van der Waals surface area contributed by atoms with Crippen molar-refractivity contribution in [3.05, 3.63) is 103 Å². The first-order valence-corrected chi connectivity index (χ1v) is 13.6. The lowest BCUT2D eigenvalue weighted by Gasteiger charge is -2.20. The summed E-state index contributed by atoms with van der Waals surface area (Å²) < 4.78 is 0. The summed E-state index contributed by atoms with van der Waals surface area (Å²) in [6.45, 7) is 8.47. The molecule has 0 fully saturated rings. The van der Waals surface area contributed by atoms with Gasteiger partial charge in [-0.05, 0) is 117 Å². The van der Waals surface area contributed by atoms with Crippen LogP contribution in [0, 0.1) is 0 Å². The average Bonchev–Trinajstić information content (AvgIpc) is 2.99. The van der Waals surface area contributed by atoms with Gasteiger partial charge in [0.1, 0.15) is 0 Å². The van der Waals surface area contributed by atoms with Gasteiger partial charge in [-0.25, -0.2) is 0 Å². The van der Waals surface area contributed by atoms with Crippen molar-refractivity contribution in [2.24, 2.45) is 30.7 Å². The summed E-state index contributed by atoms with van der Waals surface area (Å²) in [4.78, 5) is 2.29. The Morgan fingerprint density at radius 2 is 0.744 bits per heavy atom. The fourth-order valence-electron chi connectivity index (χ4n) is 3.95. The maximum absolute atomic E-state index is 4.34. The zero-order valence-electron chi connectivity index (χ0n) is 22.9. The average molecular weight is 518 g/mol. The number of hydrogen-bond donors (Lipinski definition) is 0. The first-order valence-electron chi connectivity index (χ1n) is 13.6. The first kappa shape index (κ1) is 27.5. The van der Waals surface area contributed by atoms with Gasteiger partial charge in [0.2, 0.25) is 0 Å². The van der Waals surface area contributed by atoms with Crippen molar-refractivity contribution in [2.75, 3.05) is 18.0 Å². The Kier molecular flexibility index (Phi) is 10.2. The molecule has 198 valence electrons. The minimum atomic E-state index is 0.740. The minimum absolute atomic E-state index is 0.740. The molecular weight excluding hydrogens is 482 g/mol. The Hall–Kier alpha value is -4.52. The van der Waals surface area contributed by atoms with E-state index in [0.717, 1.165) is 53.6 Å². The normalized spacial score (nSPS) is 11.7. The largest absolute Gasteiger partial charge is 0.372 e. The number of nitrogens with zero attached hydrogens (tertiary/aromatic N) is 7. The van der Waals surface area contributed by atoms with Crippen LogP contribution in [0.2, 0.25) is 0 Å². The highest BCUT2D eigenvalue weighted by Gasteiger charge is 2.01. The lowest BCUT2D eigenvalue weighted by Crippen LogP contribution is -2.21. The van der Waals surface area contributed by atoms with E-state index in [1.165, 1.54) is 24.1 Å². The third kappa shape index (κ3) is 8.50. The standard InChI is InChI=1S/C32H35N7/c1-4-7-8-25-9-11-26(12-10-25)33-34-27-13-15-28(16-14-27)35-36-29-17-19-30(20-18-29)37-38-31-21-23-32(24-22-31)39(5-2)6-3/h9-24H,4-8H2,1-3H3. The molecule has 0 radical (unpaired) electrons. The summed E-state index contributed by atoms with van der Waals surface area (Å²) in [7, 11) is 0. The van der Waals surface area contributed by atoms with Gasteiger partial charge in [0.25, 0.3) is 0 Å². The fourth-order valence-corrected chi connectivity index (χ4v) is 3.95. The van der Waals surface area contributed by atoms with Gasteiger partial charge in [0, 0.05) is 18.8 Å². The number of hydrogen-bond acceptors (Lipinski definition) is 7. The predicted molar refractivity (Wildman–Crippen MR) is 160 cm³/mol. The smallest absolute Gasteiger partial charge is 0.0858 e. The molecule has 0 aliphatic heterocycles. The van der Waals surface area contributed by atoms with Crippen LogP contribution in [0.4, 0.5) is 39.8 Å². The molecule has 0 amide bonds. The van der Waals surface area contributed by atoms with Crippen molar-refractivity contribution in [1.82, 2.24) is 0 Å². The van der Waals surface area contributed by atoms with E-state index in [1.807, 2.05) is 72.8 Å². The summed E-state index contributed by atoms with van der Waals surface area (Å²) in [6.07, 6.45) is 3.50. The third-order valence-electron chi connectivity index (χ3n) is 6.28. The topological polar surface area (TPSA) is 77.4 Å². The summed E-state index contributed by atoms with van der Waals surface area (Å²) in [5.41, 5.74) is 7.19. The molecule has 0 heterocycles.